The third kappa shape index (κ3) is 5.05. The molecule has 0 radical (unpaired) electrons. The van der Waals surface area contributed by atoms with Gasteiger partial charge in [-0.1, -0.05) is 24.0 Å². The van der Waals surface area contributed by atoms with Gasteiger partial charge in [-0.25, -0.2) is 4.98 Å². The Bertz CT molecular complexity index is 1150. The maximum absolute atomic E-state index is 9.04. The molecule has 0 amide bonds. The summed E-state index contributed by atoms with van der Waals surface area (Å²) in [5.74, 6) is 6.14. The maximum Gasteiger partial charge on any atom is 0.138 e. The van der Waals surface area contributed by atoms with E-state index in [1.165, 1.54) is 11.3 Å². The van der Waals surface area contributed by atoms with Crippen molar-refractivity contribution in [3.8, 4) is 23.1 Å². The number of nitrogens with one attached hydrogen (secondary N) is 1. The number of aromatic amines is 1. The van der Waals surface area contributed by atoms with Gasteiger partial charge in [-0.3, -0.25) is 4.90 Å². The van der Waals surface area contributed by atoms with Gasteiger partial charge in [0, 0.05) is 73.1 Å². The Balaban J connectivity index is 1.55. The zero-order valence-electron chi connectivity index (χ0n) is 18.8. The van der Waals surface area contributed by atoms with Crippen molar-refractivity contribution >= 4 is 16.7 Å². The Hall–Kier alpha value is -2.89. The van der Waals surface area contributed by atoms with Crippen molar-refractivity contribution in [2.24, 2.45) is 0 Å². The molecule has 2 N–H and O–H groups in total. The van der Waals surface area contributed by atoms with Gasteiger partial charge in [0.25, 0.3) is 0 Å². The topological polar surface area (TPSA) is 73.9 Å². The van der Waals surface area contributed by atoms with E-state index < -0.39 is 0 Å². The monoisotopic (exact) mass is 446 g/mol. The molecule has 0 unspecified atom stereocenters. The summed E-state index contributed by atoms with van der Waals surface area (Å²) >= 11 is 0. The van der Waals surface area contributed by atoms with E-state index in [1.54, 1.807) is 6.20 Å². The summed E-state index contributed by atoms with van der Waals surface area (Å²) in [6.45, 7) is 7.62. The summed E-state index contributed by atoms with van der Waals surface area (Å²) in [6, 6.07) is 10.9. The molecule has 2 aromatic heterocycles. The lowest BCUT2D eigenvalue weighted by Crippen LogP contribution is -2.36. The van der Waals surface area contributed by atoms with Crippen LogP contribution in [0.5, 0.6) is 0 Å². The van der Waals surface area contributed by atoms with Crippen LogP contribution in [0.4, 0.5) is 5.69 Å². The van der Waals surface area contributed by atoms with Gasteiger partial charge in [-0.05, 0) is 18.2 Å². The number of benzene rings is 1. The van der Waals surface area contributed by atoms with Crippen molar-refractivity contribution < 1.29 is 14.6 Å². The van der Waals surface area contributed by atoms with E-state index >= 15 is 0 Å². The molecular weight excluding hydrogens is 416 g/mol. The summed E-state index contributed by atoms with van der Waals surface area (Å²) in [5.41, 5.74) is 6.47. The molecule has 1 aromatic carbocycles. The lowest BCUT2D eigenvalue weighted by Gasteiger charge is -2.29. The Morgan fingerprint density at radius 1 is 1.03 bits per heavy atom. The number of aliphatic hydroxyl groups is 1. The minimum atomic E-state index is 0.0682. The van der Waals surface area contributed by atoms with E-state index in [4.69, 9.17) is 14.6 Å². The third-order valence-corrected chi connectivity index (χ3v) is 6.22. The number of fused-ring (bicyclic) bond motifs is 1. The third-order valence-electron chi connectivity index (χ3n) is 6.22. The first-order valence-corrected chi connectivity index (χ1v) is 11.7. The second-order valence-electron chi connectivity index (χ2n) is 8.41. The number of rotatable bonds is 5. The summed E-state index contributed by atoms with van der Waals surface area (Å²) in [7, 11) is 0. The zero-order valence-corrected chi connectivity index (χ0v) is 18.8. The quantitative estimate of drug-likeness (QED) is 0.587. The summed E-state index contributed by atoms with van der Waals surface area (Å²) < 4.78 is 11.1. The molecule has 7 heteroatoms. The molecule has 4 heterocycles. The van der Waals surface area contributed by atoms with Crippen molar-refractivity contribution in [1.82, 2.24) is 14.9 Å². The maximum atomic E-state index is 9.04. The molecular formula is C26H30N4O3. The molecule has 2 aliphatic heterocycles. The highest BCUT2D eigenvalue weighted by atomic mass is 16.5. The number of aromatic nitrogens is 2. The number of pyridine rings is 1. The lowest BCUT2D eigenvalue weighted by atomic mass is 10.0. The highest BCUT2D eigenvalue weighted by Crippen LogP contribution is 2.33. The fraction of sp³-hybridized carbons (Fsp3) is 0.423. The lowest BCUT2D eigenvalue weighted by molar-refractivity contribution is 0.0344. The van der Waals surface area contributed by atoms with E-state index in [9.17, 15) is 0 Å². The molecule has 0 spiro atoms. The van der Waals surface area contributed by atoms with Crippen molar-refractivity contribution in [2.75, 3.05) is 64.1 Å². The molecule has 0 aliphatic carbocycles. The first kappa shape index (κ1) is 21.9. The molecule has 0 saturated carbocycles. The van der Waals surface area contributed by atoms with E-state index in [1.807, 2.05) is 0 Å². The number of nitrogens with zero attached hydrogens (tertiary/aromatic N) is 3. The smallest absolute Gasteiger partial charge is 0.138 e. The second kappa shape index (κ2) is 10.4. The van der Waals surface area contributed by atoms with Crippen LogP contribution >= 0.6 is 0 Å². The average molecular weight is 447 g/mol. The minimum absolute atomic E-state index is 0.0682. The molecule has 7 nitrogen and oxygen atoms in total. The molecule has 2 aliphatic rings. The number of morpholine rings is 2. The Labute approximate surface area is 194 Å². The van der Waals surface area contributed by atoms with Crippen LogP contribution in [0.3, 0.4) is 0 Å². The van der Waals surface area contributed by atoms with E-state index in [0.29, 0.717) is 6.42 Å². The van der Waals surface area contributed by atoms with Crippen LogP contribution in [0.25, 0.3) is 22.3 Å². The second-order valence-corrected chi connectivity index (χ2v) is 8.41. The van der Waals surface area contributed by atoms with Gasteiger partial charge in [0.1, 0.15) is 5.65 Å². The number of ether oxygens (including phenoxy) is 2. The molecule has 2 fully saturated rings. The van der Waals surface area contributed by atoms with E-state index in [-0.39, 0.29) is 6.61 Å². The summed E-state index contributed by atoms with van der Waals surface area (Å²) in [4.78, 5) is 13.1. The minimum Gasteiger partial charge on any atom is -0.395 e. The number of aliphatic hydroxyl groups excluding tert-OH is 1. The molecule has 2 saturated heterocycles. The van der Waals surface area contributed by atoms with E-state index in [0.717, 1.165) is 87.0 Å². The predicted octanol–water partition coefficient (Wildman–Crippen LogP) is 2.63. The SMILES string of the molecule is OCCC#Cc1cnc2[nH]c(-c3cccc(N4CCOCC4)c3)c(CN3CCOCC3)c2c1. The van der Waals surface area contributed by atoms with Gasteiger partial charge in [0.15, 0.2) is 0 Å². The highest BCUT2D eigenvalue weighted by molar-refractivity contribution is 5.89. The standard InChI is InChI=1S/C26H30N4O3/c31-11-2-1-4-20-16-23-24(19-29-7-12-32-13-8-29)25(28-26(23)27-18-20)21-5-3-6-22(17-21)30-9-14-33-15-10-30/h3,5-6,16-18,31H,2,7-15,19H2,(H,27,28). The van der Waals surface area contributed by atoms with Crippen molar-refractivity contribution in [3.63, 3.8) is 0 Å². The van der Waals surface area contributed by atoms with Crippen LogP contribution in [0.15, 0.2) is 36.5 Å². The van der Waals surface area contributed by atoms with Crippen LogP contribution in [-0.2, 0) is 16.0 Å². The Kier molecular flexibility index (Phi) is 6.89. The molecule has 3 aromatic rings. The first-order valence-electron chi connectivity index (χ1n) is 11.7. The fourth-order valence-corrected chi connectivity index (χ4v) is 4.48. The Morgan fingerprint density at radius 2 is 1.82 bits per heavy atom. The molecule has 33 heavy (non-hydrogen) atoms. The molecule has 5 rings (SSSR count). The van der Waals surface area contributed by atoms with Crippen LogP contribution in [0.2, 0.25) is 0 Å². The van der Waals surface area contributed by atoms with Crippen molar-refractivity contribution in [3.05, 3.63) is 47.7 Å². The first-order chi connectivity index (χ1) is 16.3. The average Bonchev–Trinajstić information content (AvgIpc) is 3.23. The van der Waals surface area contributed by atoms with Crippen molar-refractivity contribution in [2.45, 2.75) is 13.0 Å². The largest absolute Gasteiger partial charge is 0.395 e. The van der Waals surface area contributed by atoms with E-state index in [2.05, 4.69) is 61.9 Å². The van der Waals surface area contributed by atoms with Gasteiger partial charge in [-0.2, -0.15) is 0 Å². The van der Waals surface area contributed by atoms with Gasteiger partial charge in [0.2, 0.25) is 0 Å². The summed E-state index contributed by atoms with van der Waals surface area (Å²) in [6.07, 6.45) is 2.26. The molecule has 0 atom stereocenters. The van der Waals surface area contributed by atoms with Crippen LogP contribution in [0, 0.1) is 11.8 Å². The van der Waals surface area contributed by atoms with Gasteiger partial charge >= 0.3 is 0 Å². The van der Waals surface area contributed by atoms with Gasteiger partial charge < -0.3 is 24.5 Å². The predicted molar refractivity (Wildman–Crippen MR) is 129 cm³/mol. The van der Waals surface area contributed by atoms with Crippen LogP contribution < -0.4 is 4.90 Å². The number of hydrogen-bond acceptors (Lipinski definition) is 6. The molecule has 172 valence electrons. The normalized spacial score (nSPS) is 17.2. The Morgan fingerprint density at radius 3 is 2.61 bits per heavy atom. The number of anilines is 1. The fourth-order valence-electron chi connectivity index (χ4n) is 4.48. The number of hydrogen-bond donors (Lipinski definition) is 2. The van der Waals surface area contributed by atoms with Gasteiger partial charge in [-0.15, -0.1) is 0 Å². The van der Waals surface area contributed by atoms with Gasteiger partial charge in [0.05, 0.1) is 38.7 Å². The van der Waals surface area contributed by atoms with Crippen molar-refractivity contribution in [1.29, 1.82) is 0 Å². The van der Waals surface area contributed by atoms with Crippen LogP contribution in [-0.4, -0.2) is 79.2 Å². The zero-order chi connectivity index (χ0) is 22.5. The summed E-state index contributed by atoms with van der Waals surface area (Å²) in [5, 5.41) is 10.1. The molecule has 0 bridgehead atoms. The highest BCUT2D eigenvalue weighted by Gasteiger charge is 2.20. The van der Waals surface area contributed by atoms with Crippen LogP contribution in [0.1, 0.15) is 17.5 Å². The number of H-pyrrole nitrogens is 1.